The highest BCUT2D eigenvalue weighted by molar-refractivity contribution is 6.09. The van der Waals surface area contributed by atoms with E-state index in [4.69, 9.17) is 4.74 Å². The first-order valence-corrected chi connectivity index (χ1v) is 16.7. The van der Waals surface area contributed by atoms with E-state index in [1.54, 1.807) is 72.8 Å². The number of fused-ring (bicyclic) bond motifs is 1. The average Bonchev–Trinajstić information content (AvgIpc) is 3.16. The quantitative estimate of drug-likeness (QED) is 0.124. The van der Waals surface area contributed by atoms with Crippen LogP contribution in [0.25, 0.3) is 22.0 Å². The molecule has 53 heavy (non-hydrogen) atoms. The lowest BCUT2D eigenvalue weighted by Gasteiger charge is -2.19. The first kappa shape index (κ1) is 36.2. The van der Waals surface area contributed by atoms with Crippen LogP contribution in [0.5, 0.6) is 5.75 Å². The Bertz CT molecular complexity index is 2240. The molecule has 268 valence electrons. The highest BCUT2D eigenvalue weighted by Crippen LogP contribution is 2.29. The van der Waals surface area contributed by atoms with Crippen molar-refractivity contribution in [1.29, 1.82) is 0 Å². The number of rotatable bonds is 11. The number of nitrogens with zero attached hydrogens (tertiary/aromatic N) is 2. The number of benzene rings is 4. The Morgan fingerprint density at radius 2 is 1.53 bits per heavy atom. The molecule has 12 heteroatoms. The van der Waals surface area contributed by atoms with Gasteiger partial charge in [0.2, 0.25) is 5.91 Å². The van der Waals surface area contributed by atoms with E-state index in [1.807, 2.05) is 50.2 Å². The summed E-state index contributed by atoms with van der Waals surface area (Å²) in [4.78, 5) is 48.6. The summed E-state index contributed by atoms with van der Waals surface area (Å²) < 4.78 is 44.5. The Morgan fingerprint density at radius 1 is 0.792 bits per heavy atom. The molecule has 0 unspecified atom stereocenters. The first-order chi connectivity index (χ1) is 25.4. The number of carbonyl (C=O) groups is 3. The van der Waals surface area contributed by atoms with Crippen molar-refractivity contribution in [2.45, 2.75) is 38.7 Å². The van der Waals surface area contributed by atoms with Crippen LogP contribution < -0.4 is 20.7 Å². The highest BCUT2D eigenvalue weighted by atomic mass is 19.4. The van der Waals surface area contributed by atoms with Crippen molar-refractivity contribution in [3.63, 3.8) is 0 Å². The average molecular weight is 718 g/mol. The van der Waals surface area contributed by atoms with Gasteiger partial charge >= 0.3 is 6.18 Å². The van der Waals surface area contributed by atoms with E-state index in [0.29, 0.717) is 34.0 Å². The van der Waals surface area contributed by atoms with E-state index in [2.05, 4.69) is 25.9 Å². The molecule has 0 aliphatic heterocycles. The van der Waals surface area contributed by atoms with E-state index < -0.39 is 29.6 Å². The molecule has 0 aliphatic carbocycles. The minimum atomic E-state index is -4.53. The third kappa shape index (κ3) is 9.03. The molecule has 9 nitrogen and oxygen atoms in total. The molecule has 4 aromatic carbocycles. The molecule has 0 aliphatic rings. The minimum absolute atomic E-state index is 0.0407. The third-order valence-corrected chi connectivity index (χ3v) is 8.17. The molecule has 0 saturated carbocycles. The number of anilines is 1. The Hall–Kier alpha value is -6.56. The van der Waals surface area contributed by atoms with Crippen LogP contribution in [0.2, 0.25) is 0 Å². The molecule has 1 atom stereocenters. The van der Waals surface area contributed by atoms with Gasteiger partial charge in [-0.3, -0.25) is 19.4 Å². The second kappa shape index (κ2) is 15.8. The minimum Gasteiger partial charge on any atom is -0.491 e. The molecule has 0 radical (unpaired) electrons. The van der Waals surface area contributed by atoms with E-state index in [0.717, 1.165) is 22.9 Å². The molecule has 0 bridgehead atoms. The van der Waals surface area contributed by atoms with Crippen LogP contribution in [0.4, 0.5) is 19.0 Å². The molecule has 6 aromatic rings. The smallest absolute Gasteiger partial charge is 0.417 e. The fourth-order valence-electron chi connectivity index (χ4n) is 5.57. The third-order valence-electron chi connectivity index (χ3n) is 8.17. The summed E-state index contributed by atoms with van der Waals surface area (Å²) in [6.07, 6.45) is -3.79. The standard InChI is InChI=1S/C41H34F3N5O4/c1-25(2)53-32-18-12-26(13-19-32)33-10-6-7-11-34(33)39(51)48-36-21-15-28-22-29(14-20-35(28)47-36)38(50)49-37(27-8-4-3-5-9-27)40(52)46-24-31-17-16-30(23-45-31)41(42,43)44/h3-23,25,37H,24H2,1-2H3,(H,46,52)(H,49,50)(H,47,48,51)/t37-/m0/s1. The van der Waals surface area contributed by atoms with E-state index >= 15 is 0 Å². The summed E-state index contributed by atoms with van der Waals surface area (Å²) >= 11 is 0. The zero-order valence-corrected chi connectivity index (χ0v) is 28.6. The maximum absolute atomic E-state index is 13.5. The normalized spacial score (nSPS) is 11.9. The number of nitrogens with one attached hydrogen (secondary N) is 3. The molecule has 2 heterocycles. The second-order valence-corrected chi connectivity index (χ2v) is 12.4. The molecule has 3 amide bonds. The number of carbonyl (C=O) groups excluding carboxylic acids is 3. The lowest BCUT2D eigenvalue weighted by Crippen LogP contribution is -2.40. The molecule has 0 fully saturated rings. The summed E-state index contributed by atoms with van der Waals surface area (Å²) in [6.45, 7) is 3.76. The van der Waals surface area contributed by atoms with Crippen LogP contribution in [0.1, 0.15) is 57.4 Å². The van der Waals surface area contributed by atoms with E-state index in [-0.39, 0.29) is 29.8 Å². The zero-order valence-electron chi connectivity index (χ0n) is 28.6. The summed E-state index contributed by atoms with van der Waals surface area (Å²) in [6, 6.07) is 32.5. The van der Waals surface area contributed by atoms with Gasteiger partial charge in [-0.15, -0.1) is 0 Å². The van der Waals surface area contributed by atoms with Crippen LogP contribution >= 0.6 is 0 Å². The van der Waals surface area contributed by atoms with Crippen molar-refractivity contribution in [3.05, 3.63) is 155 Å². The van der Waals surface area contributed by atoms with Crippen molar-refractivity contribution in [1.82, 2.24) is 20.6 Å². The van der Waals surface area contributed by atoms with Gasteiger partial charge in [0.1, 0.15) is 17.6 Å². The molecule has 0 saturated heterocycles. The van der Waals surface area contributed by atoms with E-state index in [9.17, 15) is 27.6 Å². The van der Waals surface area contributed by atoms with Crippen molar-refractivity contribution >= 4 is 34.4 Å². The number of hydrogen-bond donors (Lipinski definition) is 3. The summed E-state index contributed by atoms with van der Waals surface area (Å²) in [7, 11) is 0. The summed E-state index contributed by atoms with van der Waals surface area (Å²) in [5.41, 5.74) is 2.66. The molecule has 2 aromatic heterocycles. The van der Waals surface area contributed by atoms with Gasteiger partial charge in [-0.25, -0.2) is 4.98 Å². The molecule has 6 rings (SSSR count). The molecular formula is C41H34F3N5O4. The maximum atomic E-state index is 13.5. The van der Waals surface area contributed by atoms with Gasteiger partial charge in [-0.1, -0.05) is 60.7 Å². The number of aromatic nitrogens is 2. The van der Waals surface area contributed by atoms with Crippen LogP contribution in [0, 0.1) is 0 Å². The largest absolute Gasteiger partial charge is 0.491 e. The fourth-order valence-corrected chi connectivity index (χ4v) is 5.57. The monoisotopic (exact) mass is 717 g/mol. The van der Waals surface area contributed by atoms with Gasteiger partial charge in [0.05, 0.1) is 29.4 Å². The number of pyridine rings is 2. The Kier molecular flexibility index (Phi) is 10.8. The van der Waals surface area contributed by atoms with Gasteiger partial charge < -0.3 is 20.7 Å². The SMILES string of the molecule is CC(C)Oc1ccc(-c2ccccc2C(=O)Nc2ccc3cc(C(=O)N[C@H](C(=O)NCc4ccc(C(F)(F)F)cn4)c4ccccc4)ccc3n2)cc1. The number of alkyl halides is 3. The van der Waals surface area contributed by atoms with Crippen molar-refractivity contribution < 1.29 is 32.3 Å². The molecule has 0 spiro atoms. The lowest BCUT2D eigenvalue weighted by atomic mass is 9.99. The predicted molar refractivity (Wildman–Crippen MR) is 195 cm³/mol. The fraction of sp³-hybridized carbons (Fsp3) is 0.146. The number of ether oxygens (including phenoxy) is 1. The second-order valence-electron chi connectivity index (χ2n) is 12.4. The Labute approximate surface area is 303 Å². The van der Waals surface area contributed by atoms with Crippen LogP contribution in [-0.2, 0) is 17.5 Å². The lowest BCUT2D eigenvalue weighted by molar-refractivity contribution is -0.137. The van der Waals surface area contributed by atoms with E-state index in [1.165, 1.54) is 6.07 Å². The Balaban J connectivity index is 1.14. The molecule has 3 N–H and O–H groups in total. The molecular weight excluding hydrogens is 683 g/mol. The van der Waals surface area contributed by atoms with Crippen LogP contribution in [-0.4, -0.2) is 33.8 Å². The zero-order chi connectivity index (χ0) is 37.5. The number of amides is 3. The van der Waals surface area contributed by atoms with Crippen LogP contribution in [0.3, 0.4) is 0 Å². The van der Waals surface area contributed by atoms with Crippen molar-refractivity contribution in [2.75, 3.05) is 5.32 Å². The van der Waals surface area contributed by atoms with Crippen LogP contribution in [0.15, 0.2) is 128 Å². The van der Waals surface area contributed by atoms with Gasteiger partial charge in [0, 0.05) is 22.7 Å². The first-order valence-electron chi connectivity index (χ1n) is 16.7. The van der Waals surface area contributed by atoms with Crippen molar-refractivity contribution in [3.8, 4) is 16.9 Å². The van der Waals surface area contributed by atoms with Crippen molar-refractivity contribution in [2.24, 2.45) is 0 Å². The maximum Gasteiger partial charge on any atom is 0.417 e. The highest BCUT2D eigenvalue weighted by Gasteiger charge is 2.31. The van der Waals surface area contributed by atoms with Gasteiger partial charge in [-0.05, 0) is 91.2 Å². The topological polar surface area (TPSA) is 122 Å². The Morgan fingerprint density at radius 3 is 2.23 bits per heavy atom. The summed E-state index contributed by atoms with van der Waals surface area (Å²) in [5, 5.41) is 8.90. The number of halogens is 3. The summed E-state index contributed by atoms with van der Waals surface area (Å²) in [5.74, 6) is -0.404. The number of hydrogen-bond acceptors (Lipinski definition) is 6. The van der Waals surface area contributed by atoms with Gasteiger partial charge in [-0.2, -0.15) is 13.2 Å². The van der Waals surface area contributed by atoms with Gasteiger partial charge in [0.25, 0.3) is 11.8 Å². The van der Waals surface area contributed by atoms with Gasteiger partial charge in [0.15, 0.2) is 0 Å². The predicted octanol–water partition coefficient (Wildman–Crippen LogP) is 8.14.